The zero-order valence-corrected chi connectivity index (χ0v) is 10.5. The summed E-state index contributed by atoms with van der Waals surface area (Å²) in [5, 5.41) is 2.88. The van der Waals surface area contributed by atoms with Gasteiger partial charge in [-0.25, -0.2) is 4.79 Å². The Morgan fingerprint density at radius 2 is 2.06 bits per heavy atom. The average molecular weight is 247 g/mol. The van der Waals surface area contributed by atoms with Gasteiger partial charge in [0.05, 0.1) is 12.7 Å². The van der Waals surface area contributed by atoms with Gasteiger partial charge in [0.1, 0.15) is 0 Å². The number of benzene rings is 1. The van der Waals surface area contributed by atoms with E-state index in [1.807, 2.05) is 12.1 Å². The first-order chi connectivity index (χ1) is 8.70. The number of amides is 1. The number of fused-ring (bicyclic) bond motifs is 1. The summed E-state index contributed by atoms with van der Waals surface area (Å²) >= 11 is 0. The van der Waals surface area contributed by atoms with Gasteiger partial charge in [-0.05, 0) is 42.5 Å². The zero-order valence-electron chi connectivity index (χ0n) is 10.5. The molecule has 0 aromatic heterocycles. The largest absolute Gasteiger partial charge is 0.465 e. The summed E-state index contributed by atoms with van der Waals surface area (Å²) in [5.74, 6) is -0.256. The molecule has 4 heteroatoms. The first-order valence-corrected chi connectivity index (χ1v) is 6.17. The molecule has 0 atom stereocenters. The number of aryl methyl sites for hydroxylation is 2. The van der Waals surface area contributed by atoms with Crippen LogP contribution in [0.5, 0.6) is 0 Å². The van der Waals surface area contributed by atoms with Crippen LogP contribution < -0.4 is 5.32 Å². The Morgan fingerprint density at radius 3 is 2.83 bits per heavy atom. The van der Waals surface area contributed by atoms with Gasteiger partial charge in [-0.2, -0.15) is 0 Å². The topological polar surface area (TPSA) is 55.4 Å². The second-order valence-corrected chi connectivity index (χ2v) is 4.43. The van der Waals surface area contributed by atoms with E-state index < -0.39 is 0 Å². The standard InChI is InChI=1S/C14H17NO3/c1-18-14(17)12-5-4-10-3-2-8-15-13(16)7-6-11(10)9-12/h4-5,9H,2-3,6-8H2,1H3,(H,15,16). The van der Waals surface area contributed by atoms with Crippen molar-refractivity contribution in [3.8, 4) is 0 Å². The van der Waals surface area contributed by atoms with Crippen molar-refractivity contribution in [2.24, 2.45) is 0 Å². The van der Waals surface area contributed by atoms with Crippen LogP contribution in [0.2, 0.25) is 0 Å². The maximum absolute atomic E-state index is 11.5. The molecule has 18 heavy (non-hydrogen) atoms. The molecule has 0 saturated carbocycles. The smallest absolute Gasteiger partial charge is 0.337 e. The number of carbonyl (C=O) groups excluding carboxylic acids is 2. The summed E-state index contributed by atoms with van der Waals surface area (Å²) in [7, 11) is 1.37. The second kappa shape index (κ2) is 5.67. The van der Waals surface area contributed by atoms with E-state index in [9.17, 15) is 9.59 Å². The minimum Gasteiger partial charge on any atom is -0.465 e. The van der Waals surface area contributed by atoms with Gasteiger partial charge in [0.2, 0.25) is 5.91 Å². The lowest BCUT2D eigenvalue weighted by Gasteiger charge is -2.09. The SMILES string of the molecule is COC(=O)c1ccc2c(c1)CCC(=O)NCCC2. The van der Waals surface area contributed by atoms with Gasteiger partial charge < -0.3 is 10.1 Å². The number of rotatable bonds is 1. The van der Waals surface area contributed by atoms with E-state index >= 15 is 0 Å². The van der Waals surface area contributed by atoms with Crippen LogP contribution >= 0.6 is 0 Å². The van der Waals surface area contributed by atoms with Crippen molar-refractivity contribution in [2.45, 2.75) is 25.7 Å². The minimum absolute atomic E-state index is 0.0753. The van der Waals surface area contributed by atoms with Crippen LogP contribution in [0.3, 0.4) is 0 Å². The Hall–Kier alpha value is -1.84. The Kier molecular flexibility index (Phi) is 3.97. The molecule has 96 valence electrons. The predicted molar refractivity (Wildman–Crippen MR) is 67.4 cm³/mol. The highest BCUT2D eigenvalue weighted by Crippen LogP contribution is 2.17. The fourth-order valence-electron chi connectivity index (χ4n) is 2.19. The summed E-state index contributed by atoms with van der Waals surface area (Å²) in [4.78, 5) is 23.0. The number of hydrogen-bond donors (Lipinski definition) is 1. The monoisotopic (exact) mass is 247 g/mol. The fourth-order valence-corrected chi connectivity index (χ4v) is 2.19. The number of nitrogens with one attached hydrogen (secondary N) is 1. The number of ether oxygens (including phenoxy) is 1. The molecule has 1 aromatic carbocycles. The predicted octanol–water partition coefficient (Wildman–Crippen LogP) is 1.47. The third-order valence-electron chi connectivity index (χ3n) is 3.19. The molecule has 1 aliphatic rings. The van der Waals surface area contributed by atoms with E-state index in [-0.39, 0.29) is 11.9 Å². The summed E-state index contributed by atoms with van der Waals surface area (Å²) < 4.78 is 4.71. The maximum atomic E-state index is 11.5. The Labute approximate surface area is 106 Å². The quantitative estimate of drug-likeness (QED) is 0.764. The van der Waals surface area contributed by atoms with Crippen molar-refractivity contribution in [1.29, 1.82) is 0 Å². The Morgan fingerprint density at radius 1 is 1.22 bits per heavy atom. The van der Waals surface area contributed by atoms with Crippen molar-refractivity contribution < 1.29 is 14.3 Å². The highest BCUT2D eigenvalue weighted by atomic mass is 16.5. The first-order valence-electron chi connectivity index (χ1n) is 6.17. The summed E-state index contributed by atoms with van der Waals surface area (Å²) in [6.45, 7) is 0.719. The Bertz CT molecular complexity index is 468. The maximum Gasteiger partial charge on any atom is 0.337 e. The third kappa shape index (κ3) is 2.88. The van der Waals surface area contributed by atoms with Gasteiger partial charge in [-0.15, -0.1) is 0 Å². The molecule has 0 bridgehead atoms. The lowest BCUT2D eigenvalue weighted by molar-refractivity contribution is -0.121. The molecule has 2 rings (SSSR count). The van der Waals surface area contributed by atoms with Crippen LogP contribution in [0.4, 0.5) is 0 Å². The molecule has 1 amide bonds. The third-order valence-corrected chi connectivity index (χ3v) is 3.19. The van der Waals surface area contributed by atoms with Crippen molar-refractivity contribution in [2.75, 3.05) is 13.7 Å². The number of carbonyl (C=O) groups is 2. The fraction of sp³-hybridized carbons (Fsp3) is 0.429. The van der Waals surface area contributed by atoms with Crippen molar-refractivity contribution in [3.05, 3.63) is 34.9 Å². The number of methoxy groups -OCH3 is 1. The van der Waals surface area contributed by atoms with Crippen molar-refractivity contribution in [1.82, 2.24) is 5.32 Å². The van der Waals surface area contributed by atoms with Gasteiger partial charge in [0.25, 0.3) is 0 Å². The van der Waals surface area contributed by atoms with Crippen molar-refractivity contribution in [3.63, 3.8) is 0 Å². The number of hydrogen-bond acceptors (Lipinski definition) is 3. The zero-order chi connectivity index (χ0) is 13.0. The second-order valence-electron chi connectivity index (χ2n) is 4.43. The average Bonchev–Trinajstić information content (AvgIpc) is 2.48. The van der Waals surface area contributed by atoms with Gasteiger partial charge in [-0.1, -0.05) is 6.07 Å². The highest BCUT2D eigenvalue weighted by molar-refractivity contribution is 5.89. The van der Waals surface area contributed by atoms with Gasteiger partial charge in [-0.3, -0.25) is 4.79 Å². The molecule has 1 heterocycles. The van der Waals surface area contributed by atoms with E-state index in [1.165, 1.54) is 12.7 Å². The van der Waals surface area contributed by atoms with Crippen LogP contribution in [0, 0.1) is 0 Å². The molecule has 1 N–H and O–H groups in total. The normalized spacial score (nSPS) is 15.7. The molecule has 0 radical (unpaired) electrons. The first kappa shape index (κ1) is 12.6. The molecule has 1 aromatic rings. The van der Waals surface area contributed by atoms with Crippen molar-refractivity contribution >= 4 is 11.9 Å². The Balaban J connectivity index is 2.28. The molecular formula is C14H17NO3. The van der Waals surface area contributed by atoms with E-state index in [0.717, 1.165) is 24.9 Å². The van der Waals surface area contributed by atoms with Crippen LogP contribution in [-0.2, 0) is 22.4 Å². The molecule has 1 aliphatic heterocycles. The van der Waals surface area contributed by atoms with Gasteiger partial charge >= 0.3 is 5.97 Å². The van der Waals surface area contributed by atoms with Crippen LogP contribution in [-0.4, -0.2) is 25.5 Å². The molecule has 0 saturated heterocycles. The van der Waals surface area contributed by atoms with Gasteiger partial charge in [0, 0.05) is 13.0 Å². The molecule has 0 spiro atoms. The minimum atomic E-state index is -0.331. The molecular weight excluding hydrogens is 230 g/mol. The van der Waals surface area contributed by atoms with Crippen LogP contribution in [0.15, 0.2) is 18.2 Å². The lowest BCUT2D eigenvalue weighted by atomic mass is 9.97. The van der Waals surface area contributed by atoms with Gasteiger partial charge in [0.15, 0.2) is 0 Å². The molecule has 0 fully saturated rings. The van der Waals surface area contributed by atoms with Crippen LogP contribution in [0.1, 0.15) is 34.3 Å². The highest BCUT2D eigenvalue weighted by Gasteiger charge is 2.13. The summed E-state index contributed by atoms with van der Waals surface area (Å²) in [5.41, 5.74) is 2.85. The summed E-state index contributed by atoms with van der Waals surface area (Å²) in [6.07, 6.45) is 3.00. The van der Waals surface area contributed by atoms with E-state index in [1.54, 1.807) is 6.07 Å². The number of esters is 1. The van der Waals surface area contributed by atoms with E-state index in [4.69, 9.17) is 4.74 Å². The molecule has 4 nitrogen and oxygen atoms in total. The molecule has 0 unspecified atom stereocenters. The van der Waals surface area contributed by atoms with Crippen LogP contribution in [0.25, 0.3) is 0 Å². The lowest BCUT2D eigenvalue weighted by Crippen LogP contribution is -2.23. The summed E-state index contributed by atoms with van der Waals surface area (Å²) in [6, 6.07) is 5.61. The molecule has 0 aliphatic carbocycles. The van der Waals surface area contributed by atoms with E-state index in [2.05, 4.69) is 5.32 Å². The van der Waals surface area contributed by atoms with E-state index in [0.29, 0.717) is 18.4 Å².